The number of allylic oxidation sites excluding steroid dienone is 2. The van der Waals surface area contributed by atoms with Crippen molar-refractivity contribution in [2.24, 2.45) is 11.8 Å². The van der Waals surface area contributed by atoms with Crippen molar-refractivity contribution in [3.63, 3.8) is 0 Å². The van der Waals surface area contributed by atoms with Gasteiger partial charge in [-0.2, -0.15) is 0 Å². The van der Waals surface area contributed by atoms with Crippen molar-refractivity contribution in [3.8, 4) is 0 Å². The van der Waals surface area contributed by atoms with E-state index < -0.39 is 0 Å². The van der Waals surface area contributed by atoms with Crippen molar-refractivity contribution in [1.29, 1.82) is 0 Å². The maximum atomic E-state index is 6.74. The Hall–Kier alpha value is -0.400. The van der Waals surface area contributed by atoms with Crippen LogP contribution in [-0.2, 0) is 0 Å². The topological polar surface area (TPSA) is 0 Å². The van der Waals surface area contributed by atoms with Gasteiger partial charge in [0.1, 0.15) is 0 Å². The highest BCUT2D eigenvalue weighted by Crippen LogP contribution is 2.54. The minimum Gasteiger partial charge on any atom is -0.0930 e. The monoisotopic (exact) mass is 364 g/mol. The number of benzene rings is 1. The summed E-state index contributed by atoms with van der Waals surface area (Å²) in [5.74, 6) is 1.34. The minimum atomic E-state index is 0.636. The Balaban J connectivity index is 1.93. The van der Waals surface area contributed by atoms with Crippen LogP contribution in [0.25, 0.3) is 0 Å². The Morgan fingerprint density at radius 1 is 0.792 bits per heavy atom. The molecule has 0 amide bonds. The molecule has 24 heavy (non-hydrogen) atoms. The van der Waals surface area contributed by atoms with Gasteiger partial charge in [-0.05, 0) is 30.9 Å². The van der Waals surface area contributed by atoms with Crippen LogP contribution in [0.4, 0.5) is 0 Å². The SMILES string of the molecule is CCCCCCC1C(Cl)=C(Sc2ccccc2)C1CCCCCC. The number of unbranched alkanes of at least 4 members (excludes halogenated alkanes) is 6. The van der Waals surface area contributed by atoms with Crippen LogP contribution in [-0.4, -0.2) is 0 Å². The Kier molecular flexibility index (Phi) is 9.35. The zero-order valence-corrected chi connectivity index (χ0v) is 17.0. The summed E-state index contributed by atoms with van der Waals surface area (Å²) in [6.45, 7) is 4.56. The molecule has 0 spiro atoms. The molecule has 0 radical (unpaired) electrons. The summed E-state index contributed by atoms with van der Waals surface area (Å²) in [6.07, 6.45) is 13.4. The number of hydrogen-bond acceptors (Lipinski definition) is 1. The molecule has 0 nitrogen and oxygen atoms in total. The van der Waals surface area contributed by atoms with Crippen molar-refractivity contribution < 1.29 is 0 Å². The second kappa shape index (κ2) is 11.3. The van der Waals surface area contributed by atoms with Gasteiger partial charge in [0.15, 0.2) is 0 Å². The standard InChI is InChI=1S/C22H33ClS/c1-3-5-7-12-16-19-20(17-13-8-6-4-2)22(21(19)23)24-18-14-10-9-11-15-18/h9-11,14-15,19-20H,3-8,12-13,16-17H2,1-2H3. The van der Waals surface area contributed by atoms with Gasteiger partial charge >= 0.3 is 0 Å². The number of rotatable bonds is 12. The van der Waals surface area contributed by atoms with Crippen LogP contribution in [0.2, 0.25) is 0 Å². The molecule has 2 heteroatoms. The van der Waals surface area contributed by atoms with Crippen LogP contribution in [0.3, 0.4) is 0 Å². The number of hydrogen-bond donors (Lipinski definition) is 0. The summed E-state index contributed by atoms with van der Waals surface area (Å²) >= 11 is 8.64. The fraction of sp³-hybridized carbons (Fsp3) is 0.636. The first kappa shape index (κ1) is 19.9. The van der Waals surface area contributed by atoms with Gasteiger partial charge in [0.25, 0.3) is 0 Å². The molecule has 0 bridgehead atoms. The van der Waals surface area contributed by atoms with Gasteiger partial charge in [-0.3, -0.25) is 0 Å². The first-order valence-electron chi connectivity index (χ1n) is 9.90. The summed E-state index contributed by atoms with van der Waals surface area (Å²) in [6, 6.07) is 10.7. The molecule has 1 aromatic carbocycles. The second-order valence-corrected chi connectivity index (χ2v) is 8.56. The van der Waals surface area contributed by atoms with E-state index in [-0.39, 0.29) is 0 Å². The summed E-state index contributed by atoms with van der Waals surface area (Å²) < 4.78 is 0. The van der Waals surface area contributed by atoms with E-state index in [1.807, 2.05) is 11.8 Å². The first-order valence-corrected chi connectivity index (χ1v) is 11.1. The van der Waals surface area contributed by atoms with Crippen LogP contribution in [0.5, 0.6) is 0 Å². The van der Waals surface area contributed by atoms with E-state index >= 15 is 0 Å². The first-order chi connectivity index (χ1) is 11.8. The highest BCUT2D eigenvalue weighted by atomic mass is 35.5. The molecule has 1 aromatic rings. The molecule has 0 saturated carbocycles. The highest BCUT2D eigenvalue weighted by Gasteiger charge is 2.38. The average Bonchev–Trinajstić information content (AvgIpc) is 2.62. The molecule has 0 aromatic heterocycles. The summed E-state index contributed by atoms with van der Waals surface area (Å²) in [5, 5.41) is 1.17. The van der Waals surface area contributed by atoms with E-state index in [1.165, 1.54) is 79.0 Å². The largest absolute Gasteiger partial charge is 0.0930 e. The predicted octanol–water partition coefficient (Wildman–Crippen LogP) is 8.42. The van der Waals surface area contributed by atoms with Crippen LogP contribution in [0.15, 0.2) is 45.2 Å². The van der Waals surface area contributed by atoms with Gasteiger partial charge in [0.05, 0.1) is 0 Å². The zero-order chi connectivity index (χ0) is 17.2. The summed E-state index contributed by atoms with van der Waals surface area (Å²) in [5.41, 5.74) is 0. The van der Waals surface area contributed by atoms with Crippen molar-refractivity contribution in [3.05, 3.63) is 40.3 Å². The normalized spacial score (nSPS) is 20.3. The lowest BCUT2D eigenvalue weighted by Gasteiger charge is -2.39. The maximum Gasteiger partial charge on any atom is 0.0319 e. The van der Waals surface area contributed by atoms with Gasteiger partial charge in [-0.1, -0.05) is 107 Å². The molecule has 0 saturated heterocycles. The van der Waals surface area contributed by atoms with E-state index in [0.717, 1.165) is 0 Å². The van der Waals surface area contributed by atoms with Crippen molar-refractivity contribution in [2.45, 2.75) is 83.0 Å². The molecule has 134 valence electrons. The van der Waals surface area contributed by atoms with Crippen molar-refractivity contribution >= 4 is 23.4 Å². The van der Waals surface area contributed by atoms with Gasteiger partial charge in [-0.25, -0.2) is 0 Å². The molecule has 2 rings (SSSR count). The second-order valence-electron chi connectivity index (χ2n) is 7.04. The van der Waals surface area contributed by atoms with Gasteiger partial charge < -0.3 is 0 Å². The lowest BCUT2D eigenvalue weighted by molar-refractivity contribution is 0.337. The average molecular weight is 365 g/mol. The van der Waals surface area contributed by atoms with Crippen LogP contribution < -0.4 is 0 Å². The van der Waals surface area contributed by atoms with E-state index in [2.05, 4.69) is 44.2 Å². The molecule has 2 unspecified atom stereocenters. The van der Waals surface area contributed by atoms with Gasteiger partial charge in [0.2, 0.25) is 0 Å². The Morgan fingerprint density at radius 3 is 1.96 bits per heavy atom. The van der Waals surface area contributed by atoms with E-state index in [1.54, 1.807) is 0 Å². The summed E-state index contributed by atoms with van der Waals surface area (Å²) in [4.78, 5) is 2.79. The van der Waals surface area contributed by atoms with Crippen LogP contribution in [0.1, 0.15) is 78.1 Å². The smallest absolute Gasteiger partial charge is 0.0319 e. The molecular formula is C22H33ClS. The minimum absolute atomic E-state index is 0.636. The molecule has 0 fully saturated rings. The Labute approximate surface area is 158 Å². The molecule has 0 N–H and O–H groups in total. The highest BCUT2D eigenvalue weighted by molar-refractivity contribution is 8.03. The van der Waals surface area contributed by atoms with Crippen molar-refractivity contribution in [2.75, 3.05) is 0 Å². The Bertz CT molecular complexity index is 494. The molecule has 1 aliphatic rings. The third-order valence-electron chi connectivity index (χ3n) is 5.09. The third kappa shape index (κ3) is 5.85. The number of halogens is 1. The lowest BCUT2D eigenvalue weighted by atomic mass is 9.75. The van der Waals surface area contributed by atoms with E-state index in [4.69, 9.17) is 11.6 Å². The fourth-order valence-electron chi connectivity index (χ4n) is 3.61. The lowest BCUT2D eigenvalue weighted by Crippen LogP contribution is -2.27. The summed E-state index contributed by atoms with van der Waals surface area (Å²) in [7, 11) is 0. The maximum absolute atomic E-state index is 6.74. The quantitative estimate of drug-likeness (QED) is 0.335. The fourth-order valence-corrected chi connectivity index (χ4v) is 5.35. The molecule has 2 atom stereocenters. The Morgan fingerprint density at radius 2 is 1.38 bits per heavy atom. The van der Waals surface area contributed by atoms with Crippen LogP contribution >= 0.6 is 23.4 Å². The van der Waals surface area contributed by atoms with E-state index in [9.17, 15) is 0 Å². The molecular weight excluding hydrogens is 332 g/mol. The molecule has 0 aliphatic heterocycles. The predicted molar refractivity (Wildman–Crippen MR) is 110 cm³/mol. The van der Waals surface area contributed by atoms with E-state index in [0.29, 0.717) is 11.8 Å². The van der Waals surface area contributed by atoms with Crippen LogP contribution in [0, 0.1) is 11.8 Å². The van der Waals surface area contributed by atoms with Gasteiger partial charge in [-0.15, -0.1) is 0 Å². The van der Waals surface area contributed by atoms with Gasteiger partial charge in [0, 0.05) is 20.8 Å². The van der Waals surface area contributed by atoms with Crippen molar-refractivity contribution in [1.82, 2.24) is 0 Å². The molecule has 0 heterocycles. The zero-order valence-electron chi connectivity index (χ0n) is 15.4. The number of thioether (sulfide) groups is 1. The molecule has 1 aliphatic carbocycles. The third-order valence-corrected chi connectivity index (χ3v) is 6.94.